The molecule has 0 spiro atoms. The number of halogens is 6. The zero-order chi connectivity index (χ0) is 15.1. The van der Waals surface area contributed by atoms with E-state index < -0.39 is 29.1 Å². The van der Waals surface area contributed by atoms with E-state index in [0.29, 0.717) is 6.07 Å². The third-order valence-electron chi connectivity index (χ3n) is 2.64. The van der Waals surface area contributed by atoms with Crippen molar-refractivity contribution in [2.75, 3.05) is 0 Å². The predicted molar refractivity (Wildman–Crippen MR) is 57.3 cm³/mol. The lowest BCUT2D eigenvalue weighted by Gasteiger charge is -2.33. The molecular weight excluding hydrogens is 274 g/mol. The molecule has 0 radical (unpaired) electrons. The average molecular weight is 284 g/mol. The summed E-state index contributed by atoms with van der Waals surface area (Å²) in [6.07, 6.45) is -11.0. The standard InChI is InChI=1S/C12H10F6O/c1-3-8-5-4-7(2)6-9(8)10(19,11(13,14)15)12(16,17)18/h3-6,19H,1H2,2H3. The summed E-state index contributed by atoms with van der Waals surface area (Å²) in [4.78, 5) is 0. The van der Waals surface area contributed by atoms with Gasteiger partial charge in [0.05, 0.1) is 0 Å². The molecule has 0 aliphatic heterocycles. The van der Waals surface area contributed by atoms with Gasteiger partial charge in [-0.2, -0.15) is 26.3 Å². The molecule has 0 amide bonds. The summed E-state index contributed by atoms with van der Waals surface area (Å²) in [5, 5.41) is 9.29. The van der Waals surface area contributed by atoms with Crippen LogP contribution in [0.4, 0.5) is 26.3 Å². The zero-order valence-electron chi connectivity index (χ0n) is 9.73. The quantitative estimate of drug-likeness (QED) is 0.815. The first kappa shape index (κ1) is 15.6. The minimum atomic E-state index is -5.89. The maximum atomic E-state index is 12.7. The molecule has 1 N–H and O–H groups in total. The summed E-state index contributed by atoms with van der Waals surface area (Å²) in [5.74, 6) is 0. The van der Waals surface area contributed by atoms with Crippen molar-refractivity contribution >= 4 is 6.08 Å². The maximum Gasteiger partial charge on any atom is 0.430 e. The fourth-order valence-corrected chi connectivity index (χ4v) is 1.63. The van der Waals surface area contributed by atoms with Crippen LogP contribution in [0.5, 0.6) is 0 Å². The van der Waals surface area contributed by atoms with E-state index in [1.165, 1.54) is 13.0 Å². The summed E-state index contributed by atoms with van der Waals surface area (Å²) in [7, 11) is 0. The fourth-order valence-electron chi connectivity index (χ4n) is 1.63. The van der Waals surface area contributed by atoms with Gasteiger partial charge in [0.2, 0.25) is 0 Å². The van der Waals surface area contributed by atoms with E-state index in [9.17, 15) is 31.4 Å². The Morgan fingerprint density at radius 1 is 1.05 bits per heavy atom. The van der Waals surface area contributed by atoms with Gasteiger partial charge in [-0.15, -0.1) is 0 Å². The molecule has 7 heteroatoms. The summed E-state index contributed by atoms with van der Waals surface area (Å²) < 4.78 is 76.4. The Hall–Kier alpha value is -1.50. The van der Waals surface area contributed by atoms with Crippen molar-refractivity contribution in [2.24, 2.45) is 0 Å². The van der Waals surface area contributed by atoms with Crippen LogP contribution in [0.25, 0.3) is 6.08 Å². The van der Waals surface area contributed by atoms with Gasteiger partial charge in [-0.25, -0.2) is 0 Å². The predicted octanol–water partition coefficient (Wildman–Crippen LogP) is 3.95. The number of rotatable bonds is 2. The first-order valence-electron chi connectivity index (χ1n) is 5.04. The molecule has 0 aromatic heterocycles. The molecule has 1 nitrogen and oxygen atoms in total. The number of hydrogen-bond donors (Lipinski definition) is 1. The Morgan fingerprint density at radius 2 is 1.53 bits per heavy atom. The van der Waals surface area contributed by atoms with Crippen LogP contribution >= 0.6 is 0 Å². The molecule has 106 valence electrons. The van der Waals surface area contributed by atoms with Crippen LogP contribution in [0.3, 0.4) is 0 Å². The minimum absolute atomic E-state index is 0.160. The molecule has 0 saturated carbocycles. The highest BCUT2D eigenvalue weighted by Crippen LogP contribution is 2.51. The van der Waals surface area contributed by atoms with Gasteiger partial charge in [-0.1, -0.05) is 36.4 Å². The van der Waals surface area contributed by atoms with E-state index in [1.54, 1.807) is 0 Å². The van der Waals surface area contributed by atoms with Crippen molar-refractivity contribution in [1.29, 1.82) is 0 Å². The Balaban J connectivity index is 3.69. The van der Waals surface area contributed by atoms with Gasteiger partial charge in [0.15, 0.2) is 0 Å². The zero-order valence-corrected chi connectivity index (χ0v) is 9.73. The van der Waals surface area contributed by atoms with Crippen LogP contribution in [-0.4, -0.2) is 17.5 Å². The van der Waals surface area contributed by atoms with E-state index in [2.05, 4.69) is 6.58 Å². The second kappa shape index (κ2) is 4.56. The van der Waals surface area contributed by atoms with E-state index in [4.69, 9.17) is 0 Å². The SMILES string of the molecule is C=Cc1ccc(C)cc1C(O)(C(F)(F)F)C(F)(F)F. The highest BCUT2D eigenvalue weighted by atomic mass is 19.4. The lowest BCUT2D eigenvalue weighted by atomic mass is 9.87. The van der Waals surface area contributed by atoms with Crippen molar-refractivity contribution in [3.05, 3.63) is 41.5 Å². The van der Waals surface area contributed by atoms with Gasteiger partial charge in [0.25, 0.3) is 5.60 Å². The number of hydrogen-bond acceptors (Lipinski definition) is 1. The Morgan fingerprint density at radius 3 is 1.89 bits per heavy atom. The van der Waals surface area contributed by atoms with Crippen LogP contribution in [0.2, 0.25) is 0 Å². The third kappa shape index (κ3) is 2.47. The second-order valence-electron chi connectivity index (χ2n) is 4.00. The highest BCUT2D eigenvalue weighted by Gasteiger charge is 2.71. The lowest BCUT2D eigenvalue weighted by Crippen LogP contribution is -2.54. The molecule has 1 aromatic rings. The number of benzene rings is 1. The van der Waals surface area contributed by atoms with Crippen LogP contribution < -0.4 is 0 Å². The molecule has 0 bridgehead atoms. The molecule has 0 aliphatic carbocycles. The number of aryl methyl sites for hydroxylation is 1. The summed E-state index contributed by atoms with van der Waals surface area (Å²) in [6.45, 7) is 4.48. The second-order valence-corrected chi connectivity index (χ2v) is 4.00. The summed E-state index contributed by atoms with van der Waals surface area (Å²) >= 11 is 0. The smallest absolute Gasteiger partial charge is 0.369 e. The fraction of sp³-hybridized carbons (Fsp3) is 0.333. The van der Waals surface area contributed by atoms with Crippen molar-refractivity contribution in [1.82, 2.24) is 0 Å². The van der Waals surface area contributed by atoms with Gasteiger partial charge >= 0.3 is 12.4 Å². The van der Waals surface area contributed by atoms with Gasteiger partial charge in [0, 0.05) is 5.56 Å². The molecule has 1 rings (SSSR count). The summed E-state index contributed by atoms with van der Waals surface area (Å²) in [5.41, 5.74) is -6.46. The average Bonchev–Trinajstić information content (AvgIpc) is 2.24. The van der Waals surface area contributed by atoms with E-state index >= 15 is 0 Å². The topological polar surface area (TPSA) is 20.2 Å². The van der Waals surface area contributed by atoms with Crippen molar-refractivity contribution < 1.29 is 31.4 Å². The van der Waals surface area contributed by atoms with Gasteiger partial charge < -0.3 is 5.11 Å². The summed E-state index contributed by atoms with van der Waals surface area (Å²) in [6, 6.07) is 3.02. The molecule has 0 aliphatic rings. The first-order valence-corrected chi connectivity index (χ1v) is 5.04. The highest BCUT2D eigenvalue weighted by molar-refractivity contribution is 5.55. The van der Waals surface area contributed by atoms with E-state index in [-0.39, 0.29) is 5.56 Å². The number of alkyl halides is 6. The normalized spacial score (nSPS) is 13.5. The van der Waals surface area contributed by atoms with Crippen LogP contribution in [0.1, 0.15) is 16.7 Å². The Bertz CT molecular complexity index is 472. The largest absolute Gasteiger partial charge is 0.430 e. The van der Waals surface area contributed by atoms with E-state index in [0.717, 1.165) is 12.1 Å². The van der Waals surface area contributed by atoms with Gasteiger partial charge in [-0.3, -0.25) is 0 Å². The monoisotopic (exact) mass is 284 g/mol. The maximum absolute atomic E-state index is 12.7. The van der Waals surface area contributed by atoms with Gasteiger partial charge in [0.1, 0.15) is 0 Å². The molecule has 0 atom stereocenters. The van der Waals surface area contributed by atoms with Crippen molar-refractivity contribution in [2.45, 2.75) is 24.9 Å². The molecule has 1 aromatic carbocycles. The molecule has 0 fully saturated rings. The van der Waals surface area contributed by atoms with Crippen LogP contribution in [0, 0.1) is 6.92 Å². The van der Waals surface area contributed by atoms with Crippen LogP contribution in [0.15, 0.2) is 24.8 Å². The molecule has 0 unspecified atom stereocenters. The third-order valence-corrected chi connectivity index (χ3v) is 2.64. The minimum Gasteiger partial charge on any atom is -0.369 e. The van der Waals surface area contributed by atoms with E-state index in [1.807, 2.05) is 0 Å². The Labute approximate surface area is 105 Å². The molecule has 0 saturated heterocycles. The Kier molecular flexibility index (Phi) is 3.73. The molecular formula is C12H10F6O. The molecule has 19 heavy (non-hydrogen) atoms. The van der Waals surface area contributed by atoms with Crippen LogP contribution in [-0.2, 0) is 5.60 Å². The lowest BCUT2D eigenvalue weighted by molar-refractivity contribution is -0.376. The molecule has 0 heterocycles. The van der Waals surface area contributed by atoms with Crippen molar-refractivity contribution in [3.63, 3.8) is 0 Å². The number of aliphatic hydroxyl groups is 1. The first-order chi connectivity index (χ1) is 8.45. The van der Waals surface area contributed by atoms with Crippen molar-refractivity contribution in [3.8, 4) is 0 Å². The van der Waals surface area contributed by atoms with Gasteiger partial charge in [-0.05, 0) is 12.5 Å².